The minimum absolute atomic E-state index is 0.0508. The van der Waals surface area contributed by atoms with E-state index in [9.17, 15) is 35.9 Å². The monoisotopic (exact) mass is 610 g/mol. The second-order valence-electron chi connectivity index (χ2n) is 10.2. The number of hydrogen-bond acceptors (Lipinski definition) is 4. The summed E-state index contributed by atoms with van der Waals surface area (Å²) >= 11 is 0. The van der Waals surface area contributed by atoms with Crippen molar-refractivity contribution in [1.82, 2.24) is 0 Å². The van der Waals surface area contributed by atoms with Gasteiger partial charge in [-0.1, -0.05) is 24.3 Å². The Kier molecular flexibility index (Phi) is 8.23. The van der Waals surface area contributed by atoms with Gasteiger partial charge in [-0.15, -0.1) is 0 Å². The van der Waals surface area contributed by atoms with Crippen LogP contribution in [0.4, 0.5) is 37.7 Å². The molecule has 0 spiro atoms. The van der Waals surface area contributed by atoms with Gasteiger partial charge in [0.25, 0.3) is 5.91 Å². The molecule has 1 aliphatic rings. The van der Waals surface area contributed by atoms with Gasteiger partial charge in [-0.05, 0) is 96.3 Å². The minimum Gasteiger partial charge on any atom is -0.489 e. The normalized spacial score (nSPS) is 14.3. The topological polar surface area (TPSA) is 81.4 Å². The van der Waals surface area contributed by atoms with Crippen molar-refractivity contribution in [1.29, 1.82) is 0 Å². The van der Waals surface area contributed by atoms with Crippen LogP contribution in [0.5, 0.6) is 5.75 Å². The average molecular weight is 611 g/mol. The number of halogens is 6. The van der Waals surface area contributed by atoms with Crippen LogP contribution in [0.15, 0.2) is 90.5 Å². The van der Waals surface area contributed by atoms with Gasteiger partial charge in [-0.3, -0.25) is 9.59 Å². The van der Waals surface area contributed by atoms with E-state index < -0.39 is 29.3 Å². The van der Waals surface area contributed by atoms with E-state index in [0.29, 0.717) is 52.4 Å². The number of anilines is 2. The van der Waals surface area contributed by atoms with E-state index in [1.165, 1.54) is 6.07 Å². The Balaban J connectivity index is 1.26. The van der Waals surface area contributed by atoms with E-state index in [-0.39, 0.29) is 36.1 Å². The number of hydrogen-bond donors (Lipinski definition) is 2. The summed E-state index contributed by atoms with van der Waals surface area (Å²) in [5.74, 6) is -0.329. The van der Waals surface area contributed by atoms with Crippen molar-refractivity contribution in [2.45, 2.75) is 31.8 Å². The molecule has 0 heterocycles. The molecule has 0 unspecified atom stereocenters. The van der Waals surface area contributed by atoms with Crippen LogP contribution in [0.25, 0.3) is 6.08 Å². The standard InChI is InChI=1S/C33H24F6N2O3/c34-32(35,36)24-14-20(15-25(17-24)33(37,38)39)13-23-10-9-22-16-26(11-12-27(22)30(23)42)44-18-19-5-7-21(8-6-19)31(43)41-29-4-2-1-3-28(29)40/h1-8,11-17H,9-10,18,40H2,(H,41,43)/b23-13+. The quantitative estimate of drug-likeness (QED) is 0.131. The first-order valence-electron chi connectivity index (χ1n) is 13.3. The van der Waals surface area contributed by atoms with Crippen LogP contribution in [0, 0.1) is 0 Å². The van der Waals surface area contributed by atoms with Gasteiger partial charge in [0.2, 0.25) is 0 Å². The molecule has 0 radical (unpaired) electrons. The molecule has 1 aliphatic carbocycles. The van der Waals surface area contributed by atoms with Gasteiger partial charge >= 0.3 is 12.4 Å². The lowest BCUT2D eigenvalue weighted by Crippen LogP contribution is -2.15. The highest BCUT2D eigenvalue weighted by molar-refractivity contribution is 6.13. The van der Waals surface area contributed by atoms with Gasteiger partial charge in [0, 0.05) is 16.7 Å². The van der Waals surface area contributed by atoms with Gasteiger partial charge in [-0.2, -0.15) is 26.3 Å². The number of ketones is 1. The zero-order chi connectivity index (χ0) is 31.6. The smallest absolute Gasteiger partial charge is 0.416 e. The molecule has 0 bridgehead atoms. The highest BCUT2D eigenvalue weighted by Gasteiger charge is 2.37. The summed E-state index contributed by atoms with van der Waals surface area (Å²) < 4.78 is 85.3. The second kappa shape index (κ2) is 11.9. The molecule has 44 heavy (non-hydrogen) atoms. The molecular formula is C33H24F6N2O3. The van der Waals surface area contributed by atoms with Gasteiger partial charge in [0.05, 0.1) is 22.5 Å². The number of para-hydroxylation sites is 2. The molecule has 0 saturated heterocycles. The lowest BCUT2D eigenvalue weighted by atomic mass is 9.85. The van der Waals surface area contributed by atoms with Gasteiger partial charge in [-0.25, -0.2) is 0 Å². The molecule has 11 heteroatoms. The summed E-state index contributed by atoms with van der Waals surface area (Å²) in [7, 11) is 0. The van der Waals surface area contributed by atoms with Crippen LogP contribution < -0.4 is 15.8 Å². The van der Waals surface area contributed by atoms with Crippen molar-refractivity contribution in [3.8, 4) is 5.75 Å². The third-order valence-electron chi connectivity index (χ3n) is 7.06. The van der Waals surface area contributed by atoms with Gasteiger partial charge in [0.1, 0.15) is 12.4 Å². The van der Waals surface area contributed by atoms with E-state index in [1.54, 1.807) is 60.7 Å². The number of Topliss-reactive ketones (excluding diaryl/α,β-unsaturated/α-hetero) is 1. The van der Waals surface area contributed by atoms with E-state index in [4.69, 9.17) is 10.5 Å². The average Bonchev–Trinajstić information content (AvgIpc) is 2.98. The summed E-state index contributed by atoms with van der Waals surface area (Å²) in [6, 6.07) is 19.7. The molecule has 4 aromatic rings. The van der Waals surface area contributed by atoms with Crippen molar-refractivity contribution < 1.29 is 40.7 Å². The number of ether oxygens (including phenoxy) is 1. The summed E-state index contributed by atoms with van der Waals surface area (Å²) in [5.41, 5.74) is 5.83. The van der Waals surface area contributed by atoms with Crippen LogP contribution >= 0.6 is 0 Å². The maximum Gasteiger partial charge on any atom is 0.416 e. The Bertz CT molecular complexity index is 1730. The third-order valence-corrected chi connectivity index (χ3v) is 7.06. The molecule has 3 N–H and O–H groups in total. The fourth-order valence-corrected chi connectivity index (χ4v) is 4.77. The first-order chi connectivity index (χ1) is 20.8. The molecule has 0 atom stereocenters. The number of amides is 1. The molecule has 226 valence electrons. The molecular weight excluding hydrogens is 586 g/mol. The van der Waals surface area contributed by atoms with E-state index in [2.05, 4.69) is 5.32 Å². The van der Waals surface area contributed by atoms with Crippen LogP contribution in [0.2, 0.25) is 0 Å². The van der Waals surface area contributed by atoms with Crippen molar-refractivity contribution in [2.24, 2.45) is 0 Å². The minimum atomic E-state index is -4.98. The van der Waals surface area contributed by atoms with Crippen LogP contribution in [-0.2, 0) is 25.4 Å². The predicted octanol–water partition coefficient (Wildman–Crippen LogP) is 8.35. The Morgan fingerprint density at radius 3 is 2.14 bits per heavy atom. The lowest BCUT2D eigenvalue weighted by Gasteiger charge is -2.19. The van der Waals surface area contributed by atoms with E-state index in [0.717, 1.165) is 11.6 Å². The summed E-state index contributed by atoms with van der Waals surface area (Å²) in [6.45, 7) is 0.169. The molecule has 0 saturated carbocycles. The number of allylic oxidation sites excluding steroid dienone is 1. The summed E-state index contributed by atoms with van der Waals surface area (Å²) in [4.78, 5) is 25.6. The molecule has 0 aromatic heterocycles. The van der Waals surface area contributed by atoms with E-state index >= 15 is 0 Å². The number of alkyl halides is 6. The lowest BCUT2D eigenvalue weighted by molar-refractivity contribution is -0.143. The maximum atomic E-state index is 13.2. The highest BCUT2D eigenvalue weighted by atomic mass is 19.4. The van der Waals surface area contributed by atoms with Gasteiger partial charge < -0.3 is 15.8 Å². The molecule has 0 fully saturated rings. The predicted molar refractivity (Wildman–Crippen MR) is 153 cm³/mol. The van der Waals surface area contributed by atoms with Crippen LogP contribution in [0.3, 0.4) is 0 Å². The van der Waals surface area contributed by atoms with E-state index in [1.807, 2.05) is 0 Å². The van der Waals surface area contributed by atoms with Crippen LogP contribution in [-0.4, -0.2) is 11.7 Å². The largest absolute Gasteiger partial charge is 0.489 e. The molecule has 5 rings (SSSR count). The molecule has 5 nitrogen and oxygen atoms in total. The molecule has 0 aliphatic heterocycles. The number of nitrogens with one attached hydrogen (secondary N) is 1. The summed E-state index contributed by atoms with van der Waals surface area (Å²) in [6.07, 6.45) is -8.42. The number of nitrogens with two attached hydrogens (primary N) is 1. The molecule has 4 aromatic carbocycles. The second-order valence-corrected chi connectivity index (χ2v) is 10.2. The fraction of sp³-hybridized carbons (Fsp3) is 0.152. The Morgan fingerprint density at radius 1 is 0.841 bits per heavy atom. The Hall–Kier alpha value is -5.06. The number of benzene rings is 4. The van der Waals surface area contributed by atoms with Crippen LogP contribution in [0.1, 0.15) is 55.0 Å². The van der Waals surface area contributed by atoms with Crippen molar-refractivity contribution in [3.63, 3.8) is 0 Å². The Morgan fingerprint density at radius 2 is 1.50 bits per heavy atom. The number of rotatable bonds is 6. The zero-order valence-corrected chi connectivity index (χ0v) is 22.9. The highest BCUT2D eigenvalue weighted by Crippen LogP contribution is 2.37. The number of carbonyl (C=O) groups excluding carboxylic acids is 2. The maximum absolute atomic E-state index is 13.2. The first kappa shape index (κ1) is 30.4. The van der Waals surface area contributed by atoms with Crippen molar-refractivity contribution in [2.75, 3.05) is 11.1 Å². The Labute approximate surface area is 248 Å². The van der Waals surface area contributed by atoms with Crippen molar-refractivity contribution in [3.05, 3.63) is 129 Å². The summed E-state index contributed by atoms with van der Waals surface area (Å²) in [5, 5.41) is 2.75. The number of fused-ring (bicyclic) bond motifs is 1. The first-order valence-corrected chi connectivity index (χ1v) is 13.3. The molecule has 1 amide bonds. The number of nitrogen functional groups attached to an aromatic ring is 1. The number of carbonyl (C=O) groups is 2. The van der Waals surface area contributed by atoms with Gasteiger partial charge in [0.15, 0.2) is 5.78 Å². The SMILES string of the molecule is Nc1ccccc1NC(=O)c1ccc(COc2ccc3c(c2)CC/C(=C\c2cc(C(F)(F)F)cc(C(F)(F)F)c2)C3=O)cc1. The third kappa shape index (κ3) is 6.94. The zero-order valence-electron chi connectivity index (χ0n) is 22.9. The fourth-order valence-electron chi connectivity index (χ4n) is 4.77. The van der Waals surface area contributed by atoms with Crippen molar-refractivity contribution >= 4 is 29.1 Å². The number of aryl methyl sites for hydroxylation is 1.